The van der Waals surface area contributed by atoms with Gasteiger partial charge in [0, 0.05) is 64.5 Å². The van der Waals surface area contributed by atoms with Crippen LogP contribution in [0, 0.1) is 0 Å². The van der Waals surface area contributed by atoms with Crippen LogP contribution in [0.3, 0.4) is 0 Å². The second-order valence-electron chi connectivity index (χ2n) is 7.36. The molecule has 7 nitrogen and oxygen atoms in total. The number of aliphatic hydroxyl groups excluding tert-OH is 2. The van der Waals surface area contributed by atoms with E-state index in [0.29, 0.717) is 25.2 Å². The monoisotopic (exact) mass is 367 g/mol. The lowest BCUT2D eigenvalue weighted by atomic mass is 10.1. The van der Waals surface area contributed by atoms with Crippen molar-refractivity contribution in [2.75, 3.05) is 52.4 Å². The summed E-state index contributed by atoms with van der Waals surface area (Å²) < 4.78 is 0. The van der Waals surface area contributed by atoms with Gasteiger partial charge in [-0.1, -0.05) is 12.1 Å². The second kappa shape index (κ2) is 10.1. The standard InChI is InChI=1S/C19H33N3O4/c1-15(23)12-20-6-7-21(13-16(2)24)9-11-22(10-8-20)14-17-4-3-5-18(25)19(17)26/h3-5,15-16,23-26H,6-14H2,1-2H3/t15-,16-/m0/s1. The number of benzene rings is 1. The van der Waals surface area contributed by atoms with Crippen LogP contribution in [-0.2, 0) is 6.54 Å². The summed E-state index contributed by atoms with van der Waals surface area (Å²) in [5, 5.41) is 39.3. The highest BCUT2D eigenvalue weighted by atomic mass is 16.3. The van der Waals surface area contributed by atoms with Crippen LogP contribution in [-0.4, -0.2) is 99.7 Å². The van der Waals surface area contributed by atoms with Crippen LogP contribution in [0.2, 0.25) is 0 Å². The molecule has 0 aliphatic carbocycles. The van der Waals surface area contributed by atoms with Gasteiger partial charge in [0.25, 0.3) is 0 Å². The zero-order valence-corrected chi connectivity index (χ0v) is 15.9. The molecule has 2 atom stereocenters. The summed E-state index contributed by atoms with van der Waals surface area (Å²) in [6.45, 7) is 10.3. The minimum absolute atomic E-state index is 0.0611. The zero-order chi connectivity index (χ0) is 19.1. The largest absolute Gasteiger partial charge is 0.504 e. The smallest absolute Gasteiger partial charge is 0.161 e. The van der Waals surface area contributed by atoms with Crippen molar-refractivity contribution in [2.24, 2.45) is 0 Å². The van der Waals surface area contributed by atoms with Gasteiger partial charge in [0.15, 0.2) is 11.5 Å². The van der Waals surface area contributed by atoms with Crippen LogP contribution in [0.15, 0.2) is 18.2 Å². The van der Waals surface area contributed by atoms with Crippen LogP contribution in [0.4, 0.5) is 0 Å². The minimum atomic E-state index is -0.385. The molecular formula is C19H33N3O4. The van der Waals surface area contributed by atoms with Gasteiger partial charge in [-0.15, -0.1) is 0 Å². The molecule has 1 fully saturated rings. The average molecular weight is 367 g/mol. The molecule has 4 N–H and O–H groups in total. The molecule has 1 aromatic carbocycles. The summed E-state index contributed by atoms with van der Waals surface area (Å²) in [7, 11) is 0. The topological polar surface area (TPSA) is 90.6 Å². The van der Waals surface area contributed by atoms with E-state index in [2.05, 4.69) is 14.7 Å². The maximum Gasteiger partial charge on any atom is 0.161 e. The molecule has 1 aliphatic rings. The van der Waals surface area contributed by atoms with Crippen molar-refractivity contribution in [3.8, 4) is 11.5 Å². The van der Waals surface area contributed by atoms with E-state index in [-0.39, 0.29) is 23.7 Å². The van der Waals surface area contributed by atoms with E-state index in [1.165, 1.54) is 6.07 Å². The van der Waals surface area contributed by atoms with Crippen molar-refractivity contribution < 1.29 is 20.4 Å². The Hall–Kier alpha value is -1.38. The van der Waals surface area contributed by atoms with E-state index in [1.54, 1.807) is 19.9 Å². The third-order valence-electron chi connectivity index (χ3n) is 4.73. The van der Waals surface area contributed by atoms with Crippen molar-refractivity contribution in [2.45, 2.75) is 32.6 Å². The van der Waals surface area contributed by atoms with Crippen molar-refractivity contribution in [1.29, 1.82) is 0 Å². The van der Waals surface area contributed by atoms with Crippen LogP contribution >= 0.6 is 0 Å². The molecule has 0 spiro atoms. The van der Waals surface area contributed by atoms with Gasteiger partial charge >= 0.3 is 0 Å². The molecule has 1 saturated heterocycles. The van der Waals surface area contributed by atoms with Crippen LogP contribution in [0.1, 0.15) is 19.4 Å². The number of phenols is 2. The molecule has 0 aromatic heterocycles. The normalized spacial score (nSPS) is 20.9. The molecule has 0 radical (unpaired) electrons. The molecule has 0 unspecified atom stereocenters. The quantitative estimate of drug-likeness (QED) is 0.537. The third kappa shape index (κ3) is 6.74. The number of nitrogens with zero attached hydrogens (tertiary/aromatic N) is 3. The number of phenolic OH excluding ortho intramolecular Hbond substituents is 2. The van der Waals surface area contributed by atoms with Gasteiger partial charge in [0.05, 0.1) is 12.2 Å². The van der Waals surface area contributed by atoms with E-state index >= 15 is 0 Å². The highest BCUT2D eigenvalue weighted by Gasteiger charge is 2.19. The number of β-amino-alcohol motifs (C(OH)–C–C–N with tert-alkyl or cyclic N) is 2. The SMILES string of the molecule is C[C@H](O)CN1CCN(Cc2cccc(O)c2O)CCN(C[C@H](C)O)CC1. The van der Waals surface area contributed by atoms with E-state index in [0.717, 1.165) is 39.3 Å². The minimum Gasteiger partial charge on any atom is -0.504 e. The molecule has 0 saturated carbocycles. The first kappa shape index (κ1) is 20.9. The summed E-state index contributed by atoms with van der Waals surface area (Å²) >= 11 is 0. The highest BCUT2D eigenvalue weighted by molar-refractivity contribution is 5.44. The molecule has 7 heteroatoms. The predicted molar refractivity (Wildman–Crippen MR) is 101 cm³/mol. The van der Waals surface area contributed by atoms with E-state index in [9.17, 15) is 20.4 Å². The first-order valence-electron chi connectivity index (χ1n) is 9.38. The number of rotatable bonds is 6. The molecule has 148 valence electrons. The average Bonchev–Trinajstić information content (AvgIpc) is 2.64. The van der Waals surface area contributed by atoms with Gasteiger partial charge in [0.1, 0.15) is 0 Å². The van der Waals surface area contributed by atoms with Crippen molar-refractivity contribution in [3.63, 3.8) is 0 Å². The van der Waals surface area contributed by atoms with Crippen molar-refractivity contribution in [1.82, 2.24) is 14.7 Å². The molecular weight excluding hydrogens is 334 g/mol. The second-order valence-corrected chi connectivity index (χ2v) is 7.36. The van der Waals surface area contributed by atoms with Gasteiger partial charge < -0.3 is 20.4 Å². The highest BCUT2D eigenvalue weighted by Crippen LogP contribution is 2.29. The maximum absolute atomic E-state index is 10.1. The molecule has 1 aliphatic heterocycles. The lowest BCUT2D eigenvalue weighted by Gasteiger charge is -2.27. The fourth-order valence-corrected chi connectivity index (χ4v) is 3.40. The van der Waals surface area contributed by atoms with Gasteiger partial charge in [-0.05, 0) is 19.9 Å². The van der Waals surface area contributed by atoms with Gasteiger partial charge in [-0.25, -0.2) is 0 Å². The van der Waals surface area contributed by atoms with Crippen LogP contribution in [0.5, 0.6) is 11.5 Å². The Balaban J connectivity index is 2.08. The number of aromatic hydroxyl groups is 2. The third-order valence-corrected chi connectivity index (χ3v) is 4.73. The van der Waals surface area contributed by atoms with Gasteiger partial charge in [-0.2, -0.15) is 0 Å². The first-order chi connectivity index (χ1) is 12.3. The Bertz CT molecular complexity index is 532. The van der Waals surface area contributed by atoms with Gasteiger partial charge in [-0.3, -0.25) is 14.7 Å². The molecule has 26 heavy (non-hydrogen) atoms. The number of hydrogen-bond acceptors (Lipinski definition) is 7. The molecule has 0 bridgehead atoms. The first-order valence-corrected chi connectivity index (χ1v) is 9.38. The predicted octanol–water partition coefficient (Wildman–Crippen LogP) is 0.279. The number of aliphatic hydroxyl groups is 2. The zero-order valence-electron chi connectivity index (χ0n) is 15.9. The molecule has 1 aromatic rings. The molecule has 1 heterocycles. The summed E-state index contributed by atoms with van der Waals surface area (Å²) in [5.74, 6) is -0.160. The maximum atomic E-state index is 10.1. The van der Waals surface area contributed by atoms with Crippen LogP contribution in [0.25, 0.3) is 0 Å². The summed E-state index contributed by atoms with van der Waals surface area (Å²) in [6, 6.07) is 5.04. The number of para-hydroxylation sites is 1. The summed E-state index contributed by atoms with van der Waals surface area (Å²) in [6.07, 6.45) is -0.769. The van der Waals surface area contributed by atoms with E-state index in [1.807, 2.05) is 6.07 Å². The molecule has 2 rings (SSSR count). The fourth-order valence-electron chi connectivity index (χ4n) is 3.40. The van der Waals surface area contributed by atoms with E-state index in [4.69, 9.17) is 0 Å². The Kier molecular flexibility index (Phi) is 8.12. The van der Waals surface area contributed by atoms with E-state index < -0.39 is 0 Å². The summed E-state index contributed by atoms with van der Waals surface area (Å²) in [5.41, 5.74) is 0.702. The number of hydrogen-bond donors (Lipinski definition) is 4. The lowest BCUT2D eigenvalue weighted by Crippen LogP contribution is -2.41. The Morgan fingerprint density at radius 2 is 1.27 bits per heavy atom. The van der Waals surface area contributed by atoms with Crippen LogP contribution < -0.4 is 0 Å². The lowest BCUT2D eigenvalue weighted by molar-refractivity contribution is 0.102. The Morgan fingerprint density at radius 3 is 1.73 bits per heavy atom. The van der Waals surface area contributed by atoms with Gasteiger partial charge in [0.2, 0.25) is 0 Å². The summed E-state index contributed by atoms with van der Waals surface area (Å²) in [4.78, 5) is 6.71. The Labute approximate surface area is 156 Å². The van der Waals surface area contributed by atoms with Crippen molar-refractivity contribution in [3.05, 3.63) is 23.8 Å². The molecule has 0 amide bonds. The fraction of sp³-hybridized carbons (Fsp3) is 0.684. The Morgan fingerprint density at radius 1 is 0.808 bits per heavy atom. The van der Waals surface area contributed by atoms with Crippen molar-refractivity contribution >= 4 is 0 Å².